The third kappa shape index (κ3) is 4.52. The van der Waals surface area contributed by atoms with Gasteiger partial charge in [0.15, 0.2) is 0 Å². The van der Waals surface area contributed by atoms with Crippen LogP contribution in [0.25, 0.3) is 0 Å². The number of pyridine rings is 1. The average Bonchev–Trinajstić information content (AvgIpc) is 3.40. The molecule has 4 heterocycles. The molecule has 0 bridgehead atoms. The van der Waals surface area contributed by atoms with Crippen molar-refractivity contribution in [3.63, 3.8) is 0 Å². The highest BCUT2D eigenvalue weighted by Crippen LogP contribution is 2.35. The van der Waals surface area contributed by atoms with Gasteiger partial charge in [0.1, 0.15) is 11.4 Å². The Morgan fingerprint density at radius 2 is 2.07 bits per heavy atom. The topological polar surface area (TPSA) is 75.1 Å². The van der Waals surface area contributed by atoms with Crippen LogP contribution in [0, 0.1) is 0 Å². The molecule has 2 aliphatic rings. The number of carbonyl (C=O) groups excluding carboxylic acids is 1. The fraction of sp³-hybridized carbons (Fsp3) is 0.571. The van der Waals surface area contributed by atoms with E-state index in [0.717, 1.165) is 37.6 Å². The zero-order valence-corrected chi connectivity index (χ0v) is 17.2. The van der Waals surface area contributed by atoms with Crippen LogP contribution in [-0.2, 0) is 0 Å². The quantitative estimate of drug-likeness (QED) is 0.828. The number of hydrogen-bond acceptors (Lipinski definition) is 5. The van der Waals surface area contributed by atoms with Gasteiger partial charge in [0.25, 0.3) is 5.91 Å². The van der Waals surface area contributed by atoms with Crippen molar-refractivity contribution in [3.8, 4) is 0 Å². The number of nitrogens with zero attached hydrogens (tertiary/aromatic N) is 4. The molecule has 0 radical (unpaired) electrons. The van der Waals surface area contributed by atoms with Crippen LogP contribution in [0.2, 0.25) is 0 Å². The number of amides is 1. The standard InChI is InChI=1S/C19H26N6O.C2H6/c1-14-12-17(16-6-2-3-7-20-16)23-18-15(13-22-25(14)18)19(26)21-8-11-24-9-4-5-10-24;1-2/h2-3,6-7,13-14,17,23H,4-5,8-12H2,1H3,(H,21,26);1-2H3. The number of nitrogens with one attached hydrogen (secondary N) is 2. The van der Waals surface area contributed by atoms with Gasteiger partial charge in [0.05, 0.1) is 24.0 Å². The van der Waals surface area contributed by atoms with Crippen LogP contribution >= 0.6 is 0 Å². The van der Waals surface area contributed by atoms with Crippen molar-refractivity contribution >= 4 is 11.7 Å². The lowest BCUT2D eigenvalue weighted by Crippen LogP contribution is -2.34. The van der Waals surface area contributed by atoms with E-state index in [-0.39, 0.29) is 18.0 Å². The van der Waals surface area contributed by atoms with Gasteiger partial charge in [-0.2, -0.15) is 5.10 Å². The van der Waals surface area contributed by atoms with Crippen molar-refractivity contribution in [1.29, 1.82) is 0 Å². The Labute approximate surface area is 167 Å². The van der Waals surface area contributed by atoms with Crippen LogP contribution in [0.5, 0.6) is 0 Å². The monoisotopic (exact) mass is 384 g/mol. The zero-order chi connectivity index (χ0) is 19.9. The van der Waals surface area contributed by atoms with Crippen LogP contribution < -0.4 is 10.6 Å². The zero-order valence-electron chi connectivity index (χ0n) is 17.2. The fourth-order valence-electron chi connectivity index (χ4n) is 3.88. The van der Waals surface area contributed by atoms with Crippen LogP contribution in [0.4, 0.5) is 5.82 Å². The summed E-state index contributed by atoms with van der Waals surface area (Å²) in [5.74, 6) is 0.727. The third-order valence-electron chi connectivity index (χ3n) is 5.30. The second-order valence-electron chi connectivity index (χ2n) is 7.19. The molecule has 2 unspecified atom stereocenters. The predicted molar refractivity (Wildman–Crippen MR) is 112 cm³/mol. The molecule has 7 nitrogen and oxygen atoms in total. The number of hydrogen-bond donors (Lipinski definition) is 2. The summed E-state index contributed by atoms with van der Waals surface area (Å²) in [5, 5.41) is 10.9. The summed E-state index contributed by atoms with van der Waals surface area (Å²) in [6, 6.07) is 6.23. The maximum absolute atomic E-state index is 12.7. The van der Waals surface area contributed by atoms with E-state index >= 15 is 0 Å². The van der Waals surface area contributed by atoms with E-state index in [1.165, 1.54) is 12.8 Å². The summed E-state index contributed by atoms with van der Waals surface area (Å²) in [6.07, 6.45) is 6.90. The van der Waals surface area contributed by atoms with Crippen molar-refractivity contribution < 1.29 is 4.79 Å². The van der Waals surface area contributed by atoms with E-state index in [4.69, 9.17) is 0 Å². The highest BCUT2D eigenvalue weighted by Gasteiger charge is 2.30. The highest BCUT2D eigenvalue weighted by atomic mass is 16.1. The van der Waals surface area contributed by atoms with E-state index < -0.39 is 0 Å². The first kappa shape index (κ1) is 20.3. The van der Waals surface area contributed by atoms with Gasteiger partial charge >= 0.3 is 0 Å². The van der Waals surface area contributed by atoms with Crippen molar-refractivity contribution in [2.75, 3.05) is 31.5 Å². The Morgan fingerprint density at radius 1 is 1.29 bits per heavy atom. The van der Waals surface area contributed by atoms with Gasteiger partial charge in [-0.3, -0.25) is 9.78 Å². The minimum atomic E-state index is -0.0631. The second-order valence-corrected chi connectivity index (χ2v) is 7.19. The average molecular weight is 385 g/mol. The van der Waals surface area contributed by atoms with Crippen molar-refractivity contribution in [2.45, 2.75) is 52.1 Å². The summed E-state index contributed by atoms with van der Waals surface area (Å²) in [4.78, 5) is 19.5. The Morgan fingerprint density at radius 3 is 2.79 bits per heavy atom. The Kier molecular flexibility index (Phi) is 7.03. The Balaban J connectivity index is 0.00000109. The Bertz CT molecular complexity index is 754. The van der Waals surface area contributed by atoms with Gasteiger partial charge in [-0.25, -0.2) is 4.68 Å². The lowest BCUT2D eigenvalue weighted by Gasteiger charge is -2.30. The first-order valence-corrected chi connectivity index (χ1v) is 10.5. The van der Waals surface area contributed by atoms with Crippen molar-refractivity contribution in [1.82, 2.24) is 25.0 Å². The lowest BCUT2D eigenvalue weighted by molar-refractivity contribution is 0.0950. The van der Waals surface area contributed by atoms with Crippen LogP contribution in [0.1, 0.15) is 68.2 Å². The van der Waals surface area contributed by atoms with E-state index in [1.54, 1.807) is 12.4 Å². The van der Waals surface area contributed by atoms with Gasteiger partial charge in [-0.15, -0.1) is 0 Å². The molecule has 0 aromatic carbocycles. The first-order valence-electron chi connectivity index (χ1n) is 10.5. The molecule has 4 rings (SSSR count). The molecule has 2 atom stereocenters. The molecule has 0 spiro atoms. The van der Waals surface area contributed by atoms with Gasteiger partial charge in [-0.1, -0.05) is 19.9 Å². The van der Waals surface area contributed by atoms with Gasteiger partial charge in [0, 0.05) is 19.3 Å². The number of fused-ring (bicyclic) bond motifs is 1. The first-order chi connectivity index (χ1) is 13.7. The molecule has 2 aromatic rings. The summed E-state index contributed by atoms with van der Waals surface area (Å²) >= 11 is 0. The van der Waals surface area contributed by atoms with Gasteiger partial charge < -0.3 is 15.5 Å². The second kappa shape index (κ2) is 9.68. The molecule has 0 aliphatic carbocycles. The molecule has 2 aromatic heterocycles. The summed E-state index contributed by atoms with van der Waals surface area (Å²) in [5.41, 5.74) is 1.60. The van der Waals surface area contributed by atoms with E-state index in [2.05, 4.69) is 32.5 Å². The molecule has 7 heteroatoms. The summed E-state index contributed by atoms with van der Waals surface area (Å²) < 4.78 is 1.91. The minimum Gasteiger partial charge on any atom is -0.361 e. The van der Waals surface area contributed by atoms with Gasteiger partial charge in [-0.05, 0) is 51.4 Å². The van der Waals surface area contributed by atoms with Crippen LogP contribution in [0.15, 0.2) is 30.6 Å². The van der Waals surface area contributed by atoms with Crippen LogP contribution in [-0.4, -0.2) is 51.8 Å². The normalized spacial score (nSPS) is 21.2. The smallest absolute Gasteiger partial charge is 0.256 e. The molecule has 28 heavy (non-hydrogen) atoms. The molecule has 1 amide bonds. The van der Waals surface area contributed by atoms with Crippen molar-refractivity contribution in [3.05, 3.63) is 41.9 Å². The lowest BCUT2D eigenvalue weighted by atomic mass is 10.0. The minimum absolute atomic E-state index is 0.0631. The maximum Gasteiger partial charge on any atom is 0.256 e. The number of likely N-dealkylation sites (tertiary alicyclic amines) is 1. The van der Waals surface area contributed by atoms with E-state index in [9.17, 15) is 4.79 Å². The predicted octanol–water partition coefficient (Wildman–Crippen LogP) is 3.25. The van der Waals surface area contributed by atoms with E-state index in [1.807, 2.05) is 36.7 Å². The fourth-order valence-corrected chi connectivity index (χ4v) is 3.88. The maximum atomic E-state index is 12.7. The summed E-state index contributed by atoms with van der Waals surface area (Å²) in [7, 11) is 0. The number of carbonyl (C=O) groups is 1. The van der Waals surface area contributed by atoms with E-state index in [0.29, 0.717) is 12.1 Å². The third-order valence-corrected chi connectivity index (χ3v) is 5.30. The molecule has 1 saturated heterocycles. The molecule has 0 saturated carbocycles. The van der Waals surface area contributed by atoms with Crippen molar-refractivity contribution in [2.24, 2.45) is 0 Å². The largest absolute Gasteiger partial charge is 0.361 e. The molecular weight excluding hydrogens is 352 g/mol. The number of aromatic nitrogens is 3. The summed E-state index contributed by atoms with van der Waals surface area (Å²) in [6.45, 7) is 9.99. The Hall–Kier alpha value is -2.41. The SMILES string of the molecule is CC.CC1CC(c2ccccn2)Nc2c(C(=O)NCCN3CCCC3)cnn21. The van der Waals surface area contributed by atoms with Crippen LogP contribution in [0.3, 0.4) is 0 Å². The number of anilines is 1. The highest BCUT2D eigenvalue weighted by molar-refractivity contribution is 5.98. The van der Waals surface area contributed by atoms with Gasteiger partial charge in [0.2, 0.25) is 0 Å². The molecule has 152 valence electrons. The number of rotatable bonds is 5. The molecule has 2 aliphatic heterocycles. The molecule has 1 fully saturated rings. The molecular formula is C21H32N6O. The molecule has 2 N–H and O–H groups in total.